The highest BCUT2D eigenvalue weighted by Gasteiger charge is 2.32. The van der Waals surface area contributed by atoms with E-state index in [4.69, 9.17) is 0 Å². The fourth-order valence-corrected chi connectivity index (χ4v) is 6.68. The van der Waals surface area contributed by atoms with Crippen molar-refractivity contribution in [2.75, 3.05) is 11.1 Å². The number of nitrogens with zero attached hydrogens (tertiary/aromatic N) is 4. The number of nitriles is 1. The van der Waals surface area contributed by atoms with E-state index in [9.17, 15) is 10.1 Å². The second-order valence-electron chi connectivity index (χ2n) is 9.52. The molecule has 0 saturated heterocycles. The number of amides is 1. The number of benzene rings is 1. The van der Waals surface area contributed by atoms with E-state index < -0.39 is 0 Å². The second kappa shape index (κ2) is 10.2. The summed E-state index contributed by atoms with van der Waals surface area (Å²) in [5.41, 5.74) is 2.98. The second-order valence-corrected chi connectivity index (χ2v) is 12.5. The molecule has 1 aliphatic carbocycles. The molecule has 1 N–H and O–H groups in total. The molecule has 3 aromatic rings. The minimum Gasteiger partial charge on any atom is -0.316 e. The van der Waals surface area contributed by atoms with Gasteiger partial charge in [0.1, 0.15) is 11.1 Å². The lowest BCUT2D eigenvalue weighted by molar-refractivity contribution is -0.113. The maximum Gasteiger partial charge on any atom is 0.235 e. The van der Waals surface area contributed by atoms with Gasteiger partial charge >= 0.3 is 0 Å². The maximum absolute atomic E-state index is 12.8. The summed E-state index contributed by atoms with van der Waals surface area (Å²) in [5.74, 6) is 1.44. The number of fused-ring (bicyclic) bond motifs is 1. The average Bonchev–Trinajstić information content (AvgIpc) is 3.37. The van der Waals surface area contributed by atoms with Crippen molar-refractivity contribution in [1.29, 1.82) is 5.26 Å². The summed E-state index contributed by atoms with van der Waals surface area (Å²) >= 11 is 6.38. The van der Waals surface area contributed by atoms with Crippen molar-refractivity contribution < 1.29 is 4.79 Å². The van der Waals surface area contributed by atoms with Crippen LogP contribution >= 0.6 is 39.0 Å². The molecule has 0 fully saturated rings. The van der Waals surface area contributed by atoms with Crippen LogP contribution in [0.25, 0.3) is 11.4 Å². The van der Waals surface area contributed by atoms with Gasteiger partial charge in [0.05, 0.1) is 11.3 Å². The van der Waals surface area contributed by atoms with Crippen molar-refractivity contribution in [3.05, 3.63) is 44.7 Å². The Morgan fingerprint density at radius 3 is 2.71 bits per heavy atom. The summed E-state index contributed by atoms with van der Waals surface area (Å²) in [4.78, 5) is 14.1. The third-order valence-electron chi connectivity index (χ3n) is 6.32. The minimum absolute atomic E-state index is 0.136. The van der Waals surface area contributed by atoms with Crippen molar-refractivity contribution in [2.24, 2.45) is 11.3 Å². The Balaban J connectivity index is 1.45. The van der Waals surface area contributed by atoms with E-state index in [1.807, 2.05) is 35.8 Å². The van der Waals surface area contributed by atoms with Gasteiger partial charge in [-0.05, 0) is 55.2 Å². The smallest absolute Gasteiger partial charge is 0.235 e. The van der Waals surface area contributed by atoms with Gasteiger partial charge in [-0.3, -0.25) is 4.79 Å². The largest absolute Gasteiger partial charge is 0.316 e. The first kappa shape index (κ1) is 25.0. The van der Waals surface area contributed by atoms with Crippen LogP contribution in [0.1, 0.15) is 50.1 Å². The summed E-state index contributed by atoms with van der Waals surface area (Å²) in [6.07, 6.45) is 2.96. The number of carbonyl (C=O) groups excluding carboxylic acids is 1. The predicted molar refractivity (Wildman–Crippen MR) is 142 cm³/mol. The zero-order valence-electron chi connectivity index (χ0n) is 19.8. The number of rotatable bonds is 6. The Kier molecular flexibility index (Phi) is 7.51. The Morgan fingerprint density at radius 2 is 2.06 bits per heavy atom. The highest BCUT2D eigenvalue weighted by molar-refractivity contribution is 9.10. The van der Waals surface area contributed by atoms with Gasteiger partial charge in [0.25, 0.3) is 0 Å². The summed E-state index contributed by atoms with van der Waals surface area (Å²) < 4.78 is 3.02. The van der Waals surface area contributed by atoms with Gasteiger partial charge in [0, 0.05) is 21.5 Å². The molecule has 0 radical (unpaired) electrons. The molecule has 4 rings (SSSR count). The molecule has 0 saturated carbocycles. The van der Waals surface area contributed by atoms with E-state index in [1.165, 1.54) is 16.6 Å². The quantitative estimate of drug-likeness (QED) is 0.347. The van der Waals surface area contributed by atoms with Crippen molar-refractivity contribution in [3.63, 3.8) is 0 Å². The fourth-order valence-electron chi connectivity index (χ4n) is 4.32. The molecule has 2 aromatic heterocycles. The van der Waals surface area contributed by atoms with Gasteiger partial charge in [0.2, 0.25) is 5.91 Å². The van der Waals surface area contributed by atoms with Crippen LogP contribution in [0.4, 0.5) is 5.00 Å². The highest BCUT2D eigenvalue weighted by atomic mass is 79.9. The molecular formula is C25H28BrN5OS2. The topological polar surface area (TPSA) is 83.6 Å². The van der Waals surface area contributed by atoms with Crippen LogP contribution < -0.4 is 5.32 Å². The van der Waals surface area contributed by atoms with Crippen molar-refractivity contribution in [3.8, 4) is 17.5 Å². The summed E-state index contributed by atoms with van der Waals surface area (Å²) in [7, 11) is 0. The standard InChI is InChI=1S/C25H28BrN5OS2/c1-5-31-22(15-6-9-17(26)10-7-15)29-30-24(31)33-14-21(32)28-23-19(13-27)18-11-8-16(25(2,3)4)12-20(18)34-23/h6-7,9-10,16H,5,8,11-12,14H2,1-4H3,(H,28,32). The minimum atomic E-state index is -0.136. The predicted octanol–water partition coefficient (Wildman–Crippen LogP) is 6.54. The zero-order valence-corrected chi connectivity index (χ0v) is 23.0. The molecule has 1 aliphatic rings. The summed E-state index contributed by atoms with van der Waals surface area (Å²) in [5, 5.41) is 22.8. The van der Waals surface area contributed by atoms with Gasteiger partial charge in [-0.2, -0.15) is 5.26 Å². The molecular weight excluding hydrogens is 530 g/mol. The van der Waals surface area contributed by atoms with E-state index in [2.05, 4.69) is 58.3 Å². The van der Waals surface area contributed by atoms with E-state index in [-0.39, 0.29) is 17.1 Å². The normalized spacial score (nSPS) is 15.6. The number of hydrogen-bond donors (Lipinski definition) is 1. The molecule has 6 nitrogen and oxygen atoms in total. The van der Waals surface area contributed by atoms with Crippen LogP contribution in [0.5, 0.6) is 0 Å². The average molecular weight is 559 g/mol. The lowest BCUT2D eigenvalue weighted by atomic mass is 9.72. The van der Waals surface area contributed by atoms with E-state index >= 15 is 0 Å². The van der Waals surface area contributed by atoms with Gasteiger partial charge in [0.15, 0.2) is 11.0 Å². The molecule has 1 unspecified atom stereocenters. The Hall–Kier alpha value is -2.15. The SMILES string of the molecule is CCn1c(SCC(=O)Nc2sc3c(c2C#N)CCC(C(C)(C)C)C3)nnc1-c1ccc(Br)cc1. The number of thiophene rings is 1. The number of carbonyl (C=O) groups is 1. The number of thioether (sulfide) groups is 1. The Morgan fingerprint density at radius 1 is 1.32 bits per heavy atom. The van der Waals surface area contributed by atoms with Crippen LogP contribution in [0.3, 0.4) is 0 Å². The van der Waals surface area contributed by atoms with Gasteiger partial charge in [-0.1, -0.05) is 60.6 Å². The molecule has 34 heavy (non-hydrogen) atoms. The van der Waals surface area contributed by atoms with Gasteiger partial charge < -0.3 is 9.88 Å². The van der Waals surface area contributed by atoms with Crippen LogP contribution in [-0.2, 0) is 24.2 Å². The number of anilines is 1. The first-order valence-corrected chi connectivity index (χ1v) is 14.0. The van der Waals surface area contributed by atoms with Crippen LogP contribution in [0.15, 0.2) is 33.9 Å². The number of hydrogen-bond acceptors (Lipinski definition) is 6. The van der Waals surface area contributed by atoms with Gasteiger partial charge in [-0.25, -0.2) is 0 Å². The zero-order chi connectivity index (χ0) is 24.5. The van der Waals surface area contributed by atoms with Crippen molar-refractivity contribution >= 4 is 49.9 Å². The first-order valence-electron chi connectivity index (χ1n) is 11.4. The lowest BCUT2D eigenvalue weighted by Crippen LogP contribution is -2.26. The summed E-state index contributed by atoms with van der Waals surface area (Å²) in [6, 6.07) is 10.3. The number of nitrogens with one attached hydrogen (secondary N) is 1. The Bertz CT molecular complexity index is 1230. The molecule has 0 bridgehead atoms. The lowest BCUT2D eigenvalue weighted by Gasteiger charge is -2.33. The molecule has 1 aromatic carbocycles. The molecule has 0 spiro atoms. The number of aromatic nitrogens is 3. The first-order chi connectivity index (χ1) is 16.2. The van der Waals surface area contributed by atoms with E-state index in [1.54, 1.807) is 11.3 Å². The Labute approximate surface area is 217 Å². The fraction of sp³-hybridized carbons (Fsp3) is 0.440. The van der Waals surface area contributed by atoms with E-state index in [0.717, 1.165) is 40.7 Å². The van der Waals surface area contributed by atoms with E-state index in [0.29, 0.717) is 28.2 Å². The summed E-state index contributed by atoms with van der Waals surface area (Å²) in [6.45, 7) is 9.57. The molecule has 1 atom stereocenters. The third kappa shape index (κ3) is 5.24. The molecule has 2 heterocycles. The van der Waals surface area contributed by atoms with Crippen molar-refractivity contribution in [1.82, 2.24) is 14.8 Å². The maximum atomic E-state index is 12.8. The van der Waals surface area contributed by atoms with Crippen molar-refractivity contribution in [2.45, 2.75) is 58.7 Å². The molecule has 9 heteroatoms. The monoisotopic (exact) mass is 557 g/mol. The van der Waals surface area contributed by atoms with Crippen LogP contribution in [0.2, 0.25) is 0 Å². The molecule has 178 valence electrons. The third-order valence-corrected chi connectivity index (χ3v) is 8.99. The molecule has 1 amide bonds. The highest BCUT2D eigenvalue weighted by Crippen LogP contribution is 2.44. The van der Waals surface area contributed by atoms with Crippen LogP contribution in [0, 0.1) is 22.7 Å². The van der Waals surface area contributed by atoms with Gasteiger partial charge in [-0.15, -0.1) is 21.5 Å². The van der Waals surface area contributed by atoms with Crippen LogP contribution in [-0.4, -0.2) is 26.4 Å². The number of halogens is 1. The molecule has 0 aliphatic heterocycles.